The molecule has 1 atom stereocenters. The average molecular weight is 339 g/mol. The monoisotopic (exact) mass is 338 g/mol. The minimum absolute atomic E-state index is 0.869. The lowest BCUT2D eigenvalue weighted by Crippen LogP contribution is -2.35. The number of nitrogens with zero attached hydrogens (tertiary/aromatic N) is 1. The first kappa shape index (κ1) is 15.8. The molecular weight excluding hydrogens is 312 g/mol. The van der Waals surface area contributed by atoms with E-state index < -0.39 is 0 Å². The van der Waals surface area contributed by atoms with E-state index in [1.807, 2.05) is 0 Å². The highest BCUT2D eigenvalue weighted by Gasteiger charge is 2.19. The SMILES string of the molecule is CCCNCc1ccc(N2CCCC(CC)C2)cc1Br. The summed E-state index contributed by atoms with van der Waals surface area (Å²) in [5.41, 5.74) is 2.72. The van der Waals surface area contributed by atoms with E-state index in [9.17, 15) is 0 Å². The number of rotatable bonds is 6. The molecule has 1 saturated heterocycles. The van der Waals surface area contributed by atoms with Gasteiger partial charge in [0, 0.05) is 29.8 Å². The van der Waals surface area contributed by atoms with Crippen molar-refractivity contribution in [1.29, 1.82) is 0 Å². The van der Waals surface area contributed by atoms with Crippen LogP contribution in [-0.2, 0) is 6.54 Å². The van der Waals surface area contributed by atoms with Crippen LogP contribution in [0.2, 0.25) is 0 Å². The van der Waals surface area contributed by atoms with Crippen molar-refractivity contribution in [3.8, 4) is 0 Å². The molecule has 1 unspecified atom stereocenters. The van der Waals surface area contributed by atoms with Gasteiger partial charge in [0.2, 0.25) is 0 Å². The van der Waals surface area contributed by atoms with Crippen LogP contribution in [0.15, 0.2) is 22.7 Å². The molecule has 0 radical (unpaired) electrons. The summed E-state index contributed by atoms with van der Waals surface area (Å²) >= 11 is 3.73. The van der Waals surface area contributed by atoms with Crippen LogP contribution < -0.4 is 10.2 Å². The van der Waals surface area contributed by atoms with Gasteiger partial charge in [-0.2, -0.15) is 0 Å². The van der Waals surface area contributed by atoms with Gasteiger partial charge in [0.25, 0.3) is 0 Å². The van der Waals surface area contributed by atoms with E-state index >= 15 is 0 Å². The largest absolute Gasteiger partial charge is 0.371 e. The molecule has 1 N–H and O–H groups in total. The van der Waals surface area contributed by atoms with Crippen molar-refractivity contribution in [2.24, 2.45) is 5.92 Å². The van der Waals surface area contributed by atoms with E-state index in [-0.39, 0.29) is 0 Å². The van der Waals surface area contributed by atoms with Gasteiger partial charge in [-0.3, -0.25) is 0 Å². The predicted molar refractivity (Wildman–Crippen MR) is 91.4 cm³/mol. The molecule has 1 fully saturated rings. The van der Waals surface area contributed by atoms with Crippen LogP contribution in [-0.4, -0.2) is 19.6 Å². The summed E-state index contributed by atoms with van der Waals surface area (Å²) in [5.74, 6) is 0.869. The van der Waals surface area contributed by atoms with Gasteiger partial charge in [-0.1, -0.05) is 42.3 Å². The summed E-state index contributed by atoms with van der Waals surface area (Å²) in [7, 11) is 0. The maximum absolute atomic E-state index is 3.73. The highest BCUT2D eigenvalue weighted by atomic mass is 79.9. The van der Waals surface area contributed by atoms with Crippen LogP contribution in [0.3, 0.4) is 0 Å². The number of anilines is 1. The van der Waals surface area contributed by atoms with Crippen molar-refractivity contribution in [2.45, 2.75) is 46.1 Å². The summed E-state index contributed by atoms with van der Waals surface area (Å²) in [5, 5.41) is 3.46. The van der Waals surface area contributed by atoms with Gasteiger partial charge in [-0.15, -0.1) is 0 Å². The van der Waals surface area contributed by atoms with E-state index in [4.69, 9.17) is 0 Å². The molecule has 0 aromatic heterocycles. The molecule has 1 aromatic carbocycles. The fraction of sp³-hybridized carbons (Fsp3) is 0.647. The smallest absolute Gasteiger partial charge is 0.0377 e. The number of piperidine rings is 1. The molecule has 0 amide bonds. The Balaban J connectivity index is 2.00. The van der Waals surface area contributed by atoms with Crippen molar-refractivity contribution in [1.82, 2.24) is 5.32 Å². The maximum Gasteiger partial charge on any atom is 0.0377 e. The first-order chi connectivity index (χ1) is 9.74. The summed E-state index contributed by atoms with van der Waals surface area (Å²) < 4.78 is 1.23. The Kier molecular flexibility index (Phi) is 6.37. The van der Waals surface area contributed by atoms with Crippen LogP contribution in [0.5, 0.6) is 0 Å². The molecule has 112 valence electrons. The molecule has 1 heterocycles. The molecule has 0 spiro atoms. The zero-order chi connectivity index (χ0) is 14.4. The van der Waals surface area contributed by atoms with Crippen LogP contribution in [0.4, 0.5) is 5.69 Å². The van der Waals surface area contributed by atoms with E-state index in [0.29, 0.717) is 0 Å². The standard InChI is InChI=1S/C17H27BrN2/c1-3-9-19-12-15-7-8-16(11-17(15)18)20-10-5-6-14(4-2)13-20/h7-8,11,14,19H,3-6,9-10,12-13H2,1-2H3. The first-order valence-electron chi connectivity index (χ1n) is 7.98. The molecule has 20 heavy (non-hydrogen) atoms. The van der Waals surface area contributed by atoms with Crippen LogP contribution in [0.1, 0.15) is 45.1 Å². The highest BCUT2D eigenvalue weighted by molar-refractivity contribution is 9.10. The Morgan fingerprint density at radius 1 is 1.35 bits per heavy atom. The van der Waals surface area contributed by atoms with Gasteiger partial charge in [0.15, 0.2) is 0 Å². The molecule has 1 aromatic rings. The van der Waals surface area contributed by atoms with Crippen molar-refractivity contribution in [2.75, 3.05) is 24.5 Å². The summed E-state index contributed by atoms with van der Waals surface area (Å²) in [4.78, 5) is 2.55. The van der Waals surface area contributed by atoms with Gasteiger partial charge in [-0.25, -0.2) is 0 Å². The Hall–Kier alpha value is -0.540. The summed E-state index contributed by atoms with van der Waals surface area (Å²) in [6, 6.07) is 6.84. The predicted octanol–water partition coefficient (Wildman–Crippen LogP) is 4.58. The maximum atomic E-state index is 3.73. The number of benzene rings is 1. The second-order valence-corrected chi connectivity index (χ2v) is 6.67. The quantitative estimate of drug-likeness (QED) is 0.764. The Morgan fingerprint density at radius 2 is 2.20 bits per heavy atom. The fourth-order valence-corrected chi connectivity index (χ4v) is 3.42. The molecule has 0 aliphatic carbocycles. The summed E-state index contributed by atoms with van der Waals surface area (Å²) in [6.45, 7) is 8.97. The second kappa shape index (κ2) is 8.04. The van der Waals surface area contributed by atoms with Gasteiger partial charge >= 0.3 is 0 Å². The lowest BCUT2D eigenvalue weighted by molar-refractivity contribution is 0.404. The lowest BCUT2D eigenvalue weighted by atomic mass is 9.95. The van der Waals surface area contributed by atoms with Crippen LogP contribution in [0, 0.1) is 5.92 Å². The van der Waals surface area contributed by atoms with Gasteiger partial charge < -0.3 is 10.2 Å². The van der Waals surface area contributed by atoms with Crippen molar-refractivity contribution in [3.63, 3.8) is 0 Å². The van der Waals surface area contributed by atoms with Crippen molar-refractivity contribution >= 4 is 21.6 Å². The van der Waals surface area contributed by atoms with Gasteiger partial charge in [-0.05, 0) is 49.4 Å². The molecule has 3 heteroatoms. The van der Waals surface area contributed by atoms with Gasteiger partial charge in [0.05, 0.1) is 0 Å². The summed E-state index contributed by atoms with van der Waals surface area (Å²) in [6.07, 6.45) is 5.21. The van der Waals surface area contributed by atoms with Crippen molar-refractivity contribution < 1.29 is 0 Å². The third-order valence-electron chi connectivity index (χ3n) is 4.24. The average Bonchev–Trinajstić information content (AvgIpc) is 2.49. The van der Waals surface area contributed by atoms with E-state index in [1.54, 1.807) is 0 Å². The van der Waals surface area contributed by atoms with Crippen LogP contribution in [0.25, 0.3) is 0 Å². The minimum atomic E-state index is 0.869. The Morgan fingerprint density at radius 3 is 2.90 bits per heavy atom. The highest BCUT2D eigenvalue weighted by Crippen LogP contribution is 2.28. The number of hydrogen-bond acceptors (Lipinski definition) is 2. The number of hydrogen-bond donors (Lipinski definition) is 1. The molecule has 1 aliphatic rings. The van der Waals surface area contributed by atoms with Crippen molar-refractivity contribution in [3.05, 3.63) is 28.2 Å². The third kappa shape index (κ3) is 4.23. The van der Waals surface area contributed by atoms with E-state index in [0.717, 1.165) is 19.0 Å². The zero-order valence-corrected chi connectivity index (χ0v) is 14.4. The Bertz CT molecular complexity index is 419. The normalized spacial score (nSPS) is 19.4. The molecule has 2 nitrogen and oxygen atoms in total. The molecule has 0 saturated carbocycles. The minimum Gasteiger partial charge on any atom is -0.371 e. The lowest BCUT2D eigenvalue weighted by Gasteiger charge is -2.34. The topological polar surface area (TPSA) is 15.3 Å². The zero-order valence-electron chi connectivity index (χ0n) is 12.8. The third-order valence-corrected chi connectivity index (χ3v) is 4.98. The second-order valence-electron chi connectivity index (χ2n) is 5.82. The number of halogens is 1. The molecule has 1 aliphatic heterocycles. The van der Waals surface area contributed by atoms with Crippen LogP contribution >= 0.6 is 15.9 Å². The van der Waals surface area contributed by atoms with E-state index in [1.165, 1.54) is 54.5 Å². The fourth-order valence-electron chi connectivity index (χ4n) is 2.91. The van der Waals surface area contributed by atoms with Gasteiger partial charge in [0.1, 0.15) is 0 Å². The first-order valence-corrected chi connectivity index (χ1v) is 8.78. The molecular formula is C17H27BrN2. The number of nitrogens with one attached hydrogen (secondary N) is 1. The molecule has 2 rings (SSSR count). The molecule has 0 bridgehead atoms. The van der Waals surface area contributed by atoms with E-state index in [2.05, 4.69) is 58.2 Å². The Labute approximate surface area is 132 Å².